The van der Waals surface area contributed by atoms with Gasteiger partial charge in [0.1, 0.15) is 11.9 Å². The number of hydrogen-bond acceptors (Lipinski definition) is 3. The summed E-state index contributed by atoms with van der Waals surface area (Å²) in [6, 6.07) is 8.89. The first-order valence-electron chi connectivity index (χ1n) is 4.95. The topological polar surface area (TPSA) is 35.5 Å². The van der Waals surface area contributed by atoms with Gasteiger partial charge < -0.3 is 9.47 Å². The van der Waals surface area contributed by atoms with Gasteiger partial charge in [-0.2, -0.15) is 0 Å². The summed E-state index contributed by atoms with van der Waals surface area (Å²) >= 11 is 0. The fourth-order valence-corrected chi connectivity index (χ4v) is 1.44. The third kappa shape index (κ3) is 2.84. The van der Waals surface area contributed by atoms with E-state index in [1.165, 1.54) is 0 Å². The molecule has 1 aromatic rings. The van der Waals surface area contributed by atoms with Gasteiger partial charge in [-0.1, -0.05) is 24.3 Å². The smallest absolute Gasteiger partial charge is 0.426 e. The molecule has 0 bridgehead atoms. The quantitative estimate of drug-likeness (QED) is 0.422. The first-order chi connectivity index (χ1) is 7.34. The Kier molecular flexibility index (Phi) is 3.02. The maximum atomic E-state index is 11.3. The van der Waals surface area contributed by atoms with E-state index in [2.05, 4.69) is 0 Å². The Labute approximate surface area is 88.3 Å². The number of ether oxygens (including phenoxy) is 2. The van der Waals surface area contributed by atoms with Gasteiger partial charge in [-0.05, 0) is 31.1 Å². The SMILES string of the molecule is O=C(Oc1ccccc1)OC1C=CCC1. The molecule has 1 aromatic carbocycles. The highest BCUT2D eigenvalue weighted by Gasteiger charge is 2.15. The van der Waals surface area contributed by atoms with Crippen molar-refractivity contribution in [3.63, 3.8) is 0 Å². The van der Waals surface area contributed by atoms with Crippen molar-refractivity contribution in [3.8, 4) is 5.75 Å². The number of rotatable bonds is 2. The van der Waals surface area contributed by atoms with Crippen LogP contribution < -0.4 is 4.74 Å². The minimum Gasteiger partial charge on any atom is -0.426 e. The molecule has 0 heterocycles. The van der Waals surface area contributed by atoms with E-state index in [-0.39, 0.29) is 6.10 Å². The molecule has 1 aliphatic carbocycles. The lowest BCUT2D eigenvalue weighted by molar-refractivity contribution is 0.0762. The zero-order chi connectivity index (χ0) is 10.5. The second kappa shape index (κ2) is 4.64. The summed E-state index contributed by atoms with van der Waals surface area (Å²) in [5, 5.41) is 0. The maximum absolute atomic E-state index is 11.3. The van der Waals surface area contributed by atoms with Crippen molar-refractivity contribution in [2.45, 2.75) is 18.9 Å². The molecule has 0 aromatic heterocycles. The molecule has 0 N–H and O–H groups in total. The van der Waals surface area contributed by atoms with E-state index in [0.29, 0.717) is 5.75 Å². The van der Waals surface area contributed by atoms with E-state index in [1.54, 1.807) is 24.3 Å². The van der Waals surface area contributed by atoms with Crippen LogP contribution in [0.15, 0.2) is 42.5 Å². The standard InChI is InChI=1S/C12H12O3/c13-12(15-11-8-4-5-9-11)14-10-6-2-1-3-7-10/h1-4,6-8,11H,5,9H2. The van der Waals surface area contributed by atoms with Crippen LogP contribution in [0.25, 0.3) is 0 Å². The Morgan fingerprint density at radius 2 is 2.07 bits per heavy atom. The van der Waals surface area contributed by atoms with Gasteiger partial charge in [0.2, 0.25) is 0 Å². The van der Waals surface area contributed by atoms with Gasteiger partial charge in [0.05, 0.1) is 0 Å². The van der Waals surface area contributed by atoms with Crippen LogP contribution in [0.1, 0.15) is 12.8 Å². The van der Waals surface area contributed by atoms with Crippen molar-refractivity contribution in [1.29, 1.82) is 0 Å². The first kappa shape index (κ1) is 9.77. The Morgan fingerprint density at radius 3 is 2.73 bits per heavy atom. The Morgan fingerprint density at radius 1 is 1.27 bits per heavy atom. The molecule has 0 spiro atoms. The normalized spacial score (nSPS) is 18.8. The fraction of sp³-hybridized carbons (Fsp3) is 0.250. The van der Waals surface area contributed by atoms with E-state index < -0.39 is 6.16 Å². The minimum atomic E-state index is -0.641. The van der Waals surface area contributed by atoms with Gasteiger partial charge in [0, 0.05) is 0 Å². The summed E-state index contributed by atoms with van der Waals surface area (Å²) in [6.07, 6.45) is 4.93. The van der Waals surface area contributed by atoms with Crippen LogP contribution in [0.4, 0.5) is 4.79 Å². The number of carbonyl (C=O) groups is 1. The maximum Gasteiger partial charge on any atom is 0.514 e. The van der Waals surface area contributed by atoms with E-state index in [0.717, 1.165) is 12.8 Å². The number of allylic oxidation sites excluding steroid dienone is 1. The van der Waals surface area contributed by atoms with Crippen LogP contribution in [-0.4, -0.2) is 12.3 Å². The highest BCUT2D eigenvalue weighted by Crippen LogP contribution is 2.15. The van der Waals surface area contributed by atoms with Crippen LogP contribution >= 0.6 is 0 Å². The van der Waals surface area contributed by atoms with Gasteiger partial charge >= 0.3 is 6.16 Å². The summed E-state index contributed by atoms with van der Waals surface area (Å²) in [5.74, 6) is 0.504. The fourth-order valence-electron chi connectivity index (χ4n) is 1.44. The number of carbonyl (C=O) groups excluding carboxylic acids is 1. The third-order valence-electron chi connectivity index (χ3n) is 2.16. The average molecular weight is 204 g/mol. The summed E-state index contributed by atoms with van der Waals surface area (Å²) in [5.41, 5.74) is 0. The van der Waals surface area contributed by atoms with Crippen molar-refractivity contribution in [2.24, 2.45) is 0 Å². The molecule has 1 aliphatic rings. The minimum absolute atomic E-state index is 0.124. The van der Waals surface area contributed by atoms with E-state index in [1.807, 2.05) is 18.2 Å². The molecule has 1 atom stereocenters. The van der Waals surface area contributed by atoms with Crippen LogP contribution in [0, 0.1) is 0 Å². The Balaban J connectivity index is 1.84. The largest absolute Gasteiger partial charge is 0.514 e. The molecule has 15 heavy (non-hydrogen) atoms. The average Bonchev–Trinajstić information content (AvgIpc) is 2.71. The predicted octanol–water partition coefficient (Wildman–Crippen LogP) is 2.92. The number of hydrogen-bond donors (Lipinski definition) is 0. The summed E-state index contributed by atoms with van der Waals surface area (Å²) < 4.78 is 10.0. The van der Waals surface area contributed by atoms with E-state index in [4.69, 9.17) is 9.47 Å². The highest BCUT2D eigenvalue weighted by molar-refractivity contribution is 5.64. The molecule has 3 heteroatoms. The molecule has 0 amide bonds. The molecule has 0 aliphatic heterocycles. The second-order valence-corrected chi connectivity index (χ2v) is 3.33. The molecule has 1 unspecified atom stereocenters. The summed E-state index contributed by atoms with van der Waals surface area (Å²) in [7, 11) is 0. The van der Waals surface area contributed by atoms with Crippen molar-refractivity contribution in [1.82, 2.24) is 0 Å². The zero-order valence-corrected chi connectivity index (χ0v) is 8.26. The van der Waals surface area contributed by atoms with Crippen molar-refractivity contribution in [2.75, 3.05) is 0 Å². The van der Waals surface area contributed by atoms with Crippen LogP contribution in [0.3, 0.4) is 0 Å². The van der Waals surface area contributed by atoms with Gasteiger partial charge in [-0.25, -0.2) is 4.79 Å². The molecule has 0 saturated heterocycles. The highest BCUT2D eigenvalue weighted by atomic mass is 16.7. The molecule has 78 valence electrons. The third-order valence-corrected chi connectivity index (χ3v) is 2.16. The van der Waals surface area contributed by atoms with Gasteiger partial charge in [-0.3, -0.25) is 0 Å². The first-order valence-corrected chi connectivity index (χ1v) is 4.95. The van der Waals surface area contributed by atoms with Gasteiger partial charge in [-0.15, -0.1) is 0 Å². The van der Waals surface area contributed by atoms with Crippen molar-refractivity contribution in [3.05, 3.63) is 42.5 Å². The van der Waals surface area contributed by atoms with Gasteiger partial charge in [0.25, 0.3) is 0 Å². The van der Waals surface area contributed by atoms with E-state index >= 15 is 0 Å². The lowest BCUT2D eigenvalue weighted by atomic mass is 10.3. The van der Waals surface area contributed by atoms with Crippen LogP contribution in [-0.2, 0) is 4.74 Å². The Hall–Kier alpha value is -1.77. The number of para-hydroxylation sites is 1. The molecule has 0 fully saturated rings. The van der Waals surface area contributed by atoms with Crippen LogP contribution in [0.2, 0.25) is 0 Å². The van der Waals surface area contributed by atoms with E-state index in [9.17, 15) is 4.79 Å². The zero-order valence-electron chi connectivity index (χ0n) is 8.26. The molecule has 0 radical (unpaired) electrons. The predicted molar refractivity (Wildman–Crippen MR) is 55.7 cm³/mol. The summed E-state index contributed by atoms with van der Waals surface area (Å²) in [4.78, 5) is 11.3. The molecule has 0 saturated carbocycles. The molecule has 3 nitrogen and oxygen atoms in total. The number of benzene rings is 1. The van der Waals surface area contributed by atoms with Gasteiger partial charge in [0.15, 0.2) is 0 Å². The molecular weight excluding hydrogens is 192 g/mol. The lowest BCUT2D eigenvalue weighted by Gasteiger charge is -2.09. The molecular formula is C12H12O3. The molecule has 2 rings (SSSR count). The van der Waals surface area contributed by atoms with Crippen LogP contribution in [0.5, 0.6) is 5.75 Å². The lowest BCUT2D eigenvalue weighted by Crippen LogP contribution is -2.17. The summed E-state index contributed by atoms with van der Waals surface area (Å²) in [6.45, 7) is 0. The van der Waals surface area contributed by atoms with Crippen molar-refractivity contribution >= 4 is 6.16 Å². The monoisotopic (exact) mass is 204 g/mol. The van der Waals surface area contributed by atoms with Crippen molar-refractivity contribution < 1.29 is 14.3 Å². The Bertz CT molecular complexity index is 356. The second-order valence-electron chi connectivity index (χ2n) is 3.33.